The first-order valence-electron chi connectivity index (χ1n) is 8.96. The number of benzene rings is 2. The van der Waals surface area contributed by atoms with E-state index in [9.17, 15) is 23.2 Å². The maximum Gasteiger partial charge on any atom is 0.387 e. The fraction of sp³-hybridized carbons (Fsp3) is 0.250. The SMILES string of the molecule is COC(=O)c1cc(OC)c(OC(F)F)cc1NC(=O)c1cc(Cl)c(OCC(N)=O)c(OC)c1. The number of carbonyl (C=O) groups is 3. The Morgan fingerprint density at radius 3 is 2.24 bits per heavy atom. The van der Waals surface area contributed by atoms with Crippen LogP contribution in [-0.4, -0.2) is 52.3 Å². The molecule has 0 spiro atoms. The van der Waals surface area contributed by atoms with Crippen molar-refractivity contribution in [3.8, 4) is 23.0 Å². The lowest BCUT2D eigenvalue weighted by molar-refractivity contribution is -0.119. The summed E-state index contributed by atoms with van der Waals surface area (Å²) in [6.45, 7) is -3.68. The minimum absolute atomic E-state index is 0.0125. The summed E-state index contributed by atoms with van der Waals surface area (Å²) in [6, 6.07) is 4.51. The number of carbonyl (C=O) groups excluding carboxylic acids is 3. The van der Waals surface area contributed by atoms with Crippen LogP contribution in [0, 0.1) is 0 Å². The van der Waals surface area contributed by atoms with Gasteiger partial charge in [-0.3, -0.25) is 9.59 Å². The number of methoxy groups -OCH3 is 3. The number of primary amides is 1. The quantitative estimate of drug-likeness (QED) is 0.487. The molecule has 0 aliphatic carbocycles. The molecule has 0 bridgehead atoms. The Labute approximate surface area is 191 Å². The zero-order valence-corrected chi connectivity index (χ0v) is 18.3. The molecule has 2 aromatic rings. The fourth-order valence-corrected chi connectivity index (χ4v) is 2.88. The van der Waals surface area contributed by atoms with Gasteiger partial charge in [0.1, 0.15) is 0 Å². The Morgan fingerprint density at radius 2 is 1.70 bits per heavy atom. The second kappa shape index (κ2) is 11.2. The molecule has 2 aromatic carbocycles. The van der Waals surface area contributed by atoms with Crippen molar-refractivity contribution in [3.63, 3.8) is 0 Å². The van der Waals surface area contributed by atoms with Crippen molar-refractivity contribution in [1.29, 1.82) is 0 Å². The van der Waals surface area contributed by atoms with E-state index in [1.54, 1.807) is 0 Å². The third-order valence-corrected chi connectivity index (χ3v) is 4.30. The molecular formula is C20H19ClF2N2O8. The molecule has 13 heteroatoms. The van der Waals surface area contributed by atoms with Crippen molar-refractivity contribution in [1.82, 2.24) is 0 Å². The van der Waals surface area contributed by atoms with Gasteiger partial charge in [0.25, 0.3) is 11.8 Å². The first-order chi connectivity index (χ1) is 15.6. The highest BCUT2D eigenvalue weighted by atomic mass is 35.5. The molecule has 10 nitrogen and oxygen atoms in total. The molecule has 2 rings (SSSR count). The molecule has 0 saturated carbocycles. The van der Waals surface area contributed by atoms with Gasteiger partial charge in [0.2, 0.25) is 0 Å². The number of nitrogens with one attached hydrogen (secondary N) is 1. The van der Waals surface area contributed by atoms with Crippen LogP contribution in [-0.2, 0) is 9.53 Å². The molecule has 0 unspecified atom stereocenters. The molecule has 0 aliphatic rings. The van der Waals surface area contributed by atoms with Crippen molar-refractivity contribution in [2.75, 3.05) is 33.3 Å². The number of hydrogen-bond acceptors (Lipinski definition) is 8. The predicted molar refractivity (Wildman–Crippen MR) is 112 cm³/mol. The minimum Gasteiger partial charge on any atom is -0.493 e. The number of nitrogens with two attached hydrogens (primary N) is 1. The van der Waals surface area contributed by atoms with Gasteiger partial charge in [0, 0.05) is 17.7 Å². The first kappa shape index (κ1) is 25.5. The van der Waals surface area contributed by atoms with Gasteiger partial charge in [-0.1, -0.05) is 11.6 Å². The maximum atomic E-state index is 12.9. The maximum absolute atomic E-state index is 12.9. The van der Waals surface area contributed by atoms with Crippen LogP contribution < -0.4 is 30.0 Å². The topological polar surface area (TPSA) is 135 Å². The number of anilines is 1. The van der Waals surface area contributed by atoms with E-state index in [0.717, 1.165) is 19.2 Å². The summed E-state index contributed by atoms with van der Waals surface area (Å²) in [5, 5.41) is 2.33. The Bertz CT molecular complexity index is 1060. The smallest absolute Gasteiger partial charge is 0.387 e. The van der Waals surface area contributed by atoms with Gasteiger partial charge in [0.15, 0.2) is 29.6 Å². The van der Waals surface area contributed by atoms with Gasteiger partial charge < -0.3 is 34.7 Å². The molecule has 178 valence electrons. The van der Waals surface area contributed by atoms with Gasteiger partial charge in [-0.05, 0) is 12.1 Å². The van der Waals surface area contributed by atoms with E-state index < -0.39 is 36.8 Å². The molecule has 0 radical (unpaired) electrons. The second-order valence-electron chi connectivity index (χ2n) is 6.12. The van der Waals surface area contributed by atoms with Crippen LogP contribution in [0.15, 0.2) is 24.3 Å². The number of alkyl halides is 2. The zero-order valence-electron chi connectivity index (χ0n) is 17.6. The molecular weight excluding hydrogens is 470 g/mol. The van der Waals surface area contributed by atoms with E-state index >= 15 is 0 Å². The molecule has 0 fully saturated rings. The summed E-state index contributed by atoms with van der Waals surface area (Å²) >= 11 is 6.14. The van der Waals surface area contributed by atoms with Crippen molar-refractivity contribution < 1.29 is 46.8 Å². The number of ether oxygens (including phenoxy) is 5. The van der Waals surface area contributed by atoms with Crippen molar-refractivity contribution in [2.45, 2.75) is 6.61 Å². The molecule has 2 amide bonds. The van der Waals surface area contributed by atoms with Gasteiger partial charge >= 0.3 is 12.6 Å². The Kier molecular flexibility index (Phi) is 8.63. The molecule has 0 aromatic heterocycles. The summed E-state index contributed by atoms with van der Waals surface area (Å²) in [5.41, 5.74) is 4.60. The Balaban J connectivity index is 2.47. The van der Waals surface area contributed by atoms with Crippen molar-refractivity contribution in [3.05, 3.63) is 40.4 Å². The van der Waals surface area contributed by atoms with Crippen LogP contribution in [0.3, 0.4) is 0 Å². The van der Waals surface area contributed by atoms with Gasteiger partial charge in [-0.2, -0.15) is 8.78 Å². The van der Waals surface area contributed by atoms with Gasteiger partial charge in [-0.25, -0.2) is 4.79 Å². The monoisotopic (exact) mass is 488 g/mol. The molecule has 33 heavy (non-hydrogen) atoms. The third-order valence-electron chi connectivity index (χ3n) is 4.02. The zero-order chi connectivity index (χ0) is 24.7. The van der Waals surface area contributed by atoms with Crippen LogP contribution in [0.25, 0.3) is 0 Å². The van der Waals surface area contributed by atoms with E-state index in [4.69, 9.17) is 31.5 Å². The summed E-state index contributed by atoms with van der Waals surface area (Å²) in [7, 11) is 3.56. The number of esters is 1. The lowest BCUT2D eigenvalue weighted by Gasteiger charge is -2.16. The number of halogens is 3. The second-order valence-corrected chi connectivity index (χ2v) is 6.52. The largest absolute Gasteiger partial charge is 0.493 e. The predicted octanol–water partition coefficient (Wildman–Crippen LogP) is 2.86. The summed E-state index contributed by atoms with van der Waals surface area (Å²) in [6.07, 6.45) is 0. The van der Waals surface area contributed by atoms with Crippen molar-refractivity contribution in [2.24, 2.45) is 5.73 Å². The number of hydrogen-bond donors (Lipinski definition) is 2. The Hall–Kier alpha value is -3.80. The summed E-state index contributed by atoms with van der Waals surface area (Å²) in [4.78, 5) is 36.0. The van der Waals surface area contributed by atoms with E-state index in [0.29, 0.717) is 0 Å². The van der Waals surface area contributed by atoms with E-state index in [1.165, 1.54) is 26.4 Å². The first-order valence-corrected chi connectivity index (χ1v) is 9.34. The van der Waals surface area contributed by atoms with Gasteiger partial charge in [-0.15, -0.1) is 0 Å². The average Bonchev–Trinajstić information content (AvgIpc) is 2.76. The molecule has 0 heterocycles. The van der Waals surface area contributed by atoms with Crippen LogP contribution in [0.4, 0.5) is 14.5 Å². The van der Waals surface area contributed by atoms with Crippen LogP contribution >= 0.6 is 11.6 Å². The molecule has 0 saturated heterocycles. The van der Waals surface area contributed by atoms with Crippen LogP contribution in [0.5, 0.6) is 23.0 Å². The van der Waals surface area contributed by atoms with E-state index in [-0.39, 0.29) is 39.1 Å². The van der Waals surface area contributed by atoms with Gasteiger partial charge in [0.05, 0.1) is 37.6 Å². The number of amides is 2. The molecule has 3 N–H and O–H groups in total. The highest BCUT2D eigenvalue weighted by Crippen LogP contribution is 2.38. The molecule has 0 atom stereocenters. The standard InChI is InChI=1S/C20H19ClF2N2O8/c1-29-13-6-10(19(28)31-3)12(7-14(13)33-20(22)23)25-18(27)9-4-11(21)17(15(5-9)30-2)32-8-16(24)26/h4-7,20H,8H2,1-3H3,(H2,24,26)(H,25,27). The highest BCUT2D eigenvalue weighted by Gasteiger charge is 2.23. The van der Waals surface area contributed by atoms with E-state index in [1.807, 2.05) is 0 Å². The van der Waals surface area contributed by atoms with E-state index in [2.05, 4.69) is 14.8 Å². The molecule has 0 aliphatic heterocycles. The fourth-order valence-electron chi connectivity index (χ4n) is 2.62. The minimum atomic E-state index is -3.19. The lowest BCUT2D eigenvalue weighted by atomic mass is 10.1. The number of rotatable bonds is 10. The van der Waals surface area contributed by atoms with Crippen LogP contribution in [0.1, 0.15) is 20.7 Å². The third kappa shape index (κ3) is 6.35. The summed E-state index contributed by atoms with van der Waals surface area (Å²) in [5.74, 6) is -3.06. The highest BCUT2D eigenvalue weighted by molar-refractivity contribution is 6.33. The summed E-state index contributed by atoms with van der Waals surface area (Å²) < 4.78 is 49.9. The Morgan fingerprint density at radius 1 is 1.03 bits per heavy atom. The van der Waals surface area contributed by atoms with Crippen LogP contribution in [0.2, 0.25) is 5.02 Å². The van der Waals surface area contributed by atoms with Crippen molar-refractivity contribution >= 4 is 35.1 Å². The normalized spacial score (nSPS) is 10.4. The lowest BCUT2D eigenvalue weighted by Crippen LogP contribution is -2.20. The average molecular weight is 489 g/mol.